The minimum atomic E-state index is -1.29. The number of carboxylic acids is 2. The van der Waals surface area contributed by atoms with Crippen LogP contribution in [0.2, 0.25) is 10.0 Å². The predicted molar refractivity (Wildman–Crippen MR) is 57.6 cm³/mol. The summed E-state index contributed by atoms with van der Waals surface area (Å²) >= 11 is 11.1. The number of halogens is 3. The highest BCUT2D eigenvalue weighted by molar-refractivity contribution is 6.39. The first-order valence-electron chi connectivity index (χ1n) is 3.39. The summed E-state index contributed by atoms with van der Waals surface area (Å²) in [5.74, 6) is -2.51. The Balaban J connectivity index is 0.00000196. The molecule has 15 heavy (non-hydrogen) atoms. The van der Waals surface area contributed by atoms with Crippen LogP contribution in [0.4, 0.5) is 0 Å². The minimum absolute atomic E-state index is 0. The zero-order valence-electron chi connectivity index (χ0n) is 7.03. The van der Waals surface area contributed by atoms with Gasteiger partial charge in [0.05, 0.1) is 21.2 Å². The molecule has 0 aliphatic carbocycles. The zero-order chi connectivity index (χ0) is 10.9. The Labute approximate surface area is 101 Å². The smallest absolute Gasteiger partial charge is 0.338 e. The molecule has 82 valence electrons. The summed E-state index contributed by atoms with van der Waals surface area (Å²) in [6.45, 7) is 0. The van der Waals surface area contributed by atoms with Crippen molar-refractivity contribution in [3.05, 3.63) is 33.3 Å². The number of carbonyl (C=O) groups is 2. The summed E-state index contributed by atoms with van der Waals surface area (Å²) in [5, 5.41) is 16.9. The van der Waals surface area contributed by atoms with Crippen LogP contribution >= 0.6 is 35.6 Å². The Morgan fingerprint density at radius 2 is 1.40 bits per heavy atom. The highest BCUT2D eigenvalue weighted by Crippen LogP contribution is 2.26. The number of carboxylic acid groups (broad SMARTS) is 2. The van der Waals surface area contributed by atoms with Gasteiger partial charge >= 0.3 is 11.9 Å². The van der Waals surface area contributed by atoms with Crippen LogP contribution in [0.3, 0.4) is 0 Å². The van der Waals surface area contributed by atoms with Gasteiger partial charge < -0.3 is 10.2 Å². The number of aromatic carboxylic acids is 2. The molecule has 1 rings (SSSR count). The first kappa shape index (κ1) is 14.0. The Bertz CT molecular complexity index is 393. The SMILES string of the molecule is Cl.O=C(O)c1cc(Cl)c(C(=O)O)c(Cl)c1. The fraction of sp³-hybridized carbons (Fsp3) is 0. The van der Waals surface area contributed by atoms with Crippen molar-refractivity contribution in [2.24, 2.45) is 0 Å². The van der Waals surface area contributed by atoms with Crippen LogP contribution in [0.1, 0.15) is 20.7 Å². The molecule has 1 aromatic rings. The van der Waals surface area contributed by atoms with Crippen molar-refractivity contribution in [3.63, 3.8) is 0 Å². The molecule has 0 atom stereocenters. The molecular formula is C8H5Cl3O4. The maximum atomic E-state index is 10.6. The van der Waals surface area contributed by atoms with Gasteiger partial charge in [-0.25, -0.2) is 9.59 Å². The summed E-state index contributed by atoms with van der Waals surface area (Å²) in [6.07, 6.45) is 0. The summed E-state index contributed by atoms with van der Waals surface area (Å²) < 4.78 is 0. The van der Waals surface area contributed by atoms with Gasteiger partial charge in [0.2, 0.25) is 0 Å². The van der Waals surface area contributed by atoms with Crippen molar-refractivity contribution >= 4 is 47.5 Å². The van der Waals surface area contributed by atoms with Crippen LogP contribution in [0.5, 0.6) is 0 Å². The lowest BCUT2D eigenvalue weighted by Crippen LogP contribution is -2.03. The maximum absolute atomic E-state index is 10.6. The first-order valence-corrected chi connectivity index (χ1v) is 4.14. The lowest BCUT2D eigenvalue weighted by Gasteiger charge is -2.03. The van der Waals surface area contributed by atoms with Gasteiger partial charge in [-0.3, -0.25) is 0 Å². The summed E-state index contributed by atoms with van der Waals surface area (Å²) in [5.41, 5.74) is -0.441. The normalized spacial score (nSPS) is 9.20. The molecule has 0 heterocycles. The van der Waals surface area contributed by atoms with E-state index in [9.17, 15) is 9.59 Å². The van der Waals surface area contributed by atoms with Crippen molar-refractivity contribution in [1.82, 2.24) is 0 Å². The molecule has 0 aliphatic rings. The maximum Gasteiger partial charge on any atom is 0.338 e. The third kappa shape index (κ3) is 2.99. The molecule has 0 unspecified atom stereocenters. The standard InChI is InChI=1S/C8H4Cl2O4.ClH/c9-4-1-3(7(11)12)2-5(10)6(4)8(13)14;/h1-2H,(H,11,12)(H,13,14);1H. The molecule has 1 aromatic carbocycles. The van der Waals surface area contributed by atoms with E-state index in [2.05, 4.69) is 0 Å². The highest BCUT2D eigenvalue weighted by atomic mass is 35.5. The lowest BCUT2D eigenvalue weighted by atomic mass is 10.1. The van der Waals surface area contributed by atoms with Crippen LogP contribution < -0.4 is 0 Å². The molecule has 0 spiro atoms. The van der Waals surface area contributed by atoms with Gasteiger partial charge in [-0.05, 0) is 12.1 Å². The van der Waals surface area contributed by atoms with Gasteiger partial charge in [0.15, 0.2) is 0 Å². The van der Waals surface area contributed by atoms with Gasteiger partial charge in [0.1, 0.15) is 0 Å². The molecule has 4 nitrogen and oxygen atoms in total. The Hall–Kier alpha value is -0.970. The molecular weight excluding hydrogens is 266 g/mol. The van der Waals surface area contributed by atoms with E-state index in [0.29, 0.717) is 0 Å². The van der Waals surface area contributed by atoms with E-state index >= 15 is 0 Å². The first-order chi connectivity index (χ1) is 6.43. The van der Waals surface area contributed by atoms with E-state index in [-0.39, 0.29) is 33.6 Å². The fourth-order valence-corrected chi connectivity index (χ4v) is 1.55. The van der Waals surface area contributed by atoms with Gasteiger partial charge in [-0.2, -0.15) is 0 Å². The zero-order valence-corrected chi connectivity index (χ0v) is 9.36. The molecule has 7 heteroatoms. The van der Waals surface area contributed by atoms with Crippen LogP contribution in [0.15, 0.2) is 12.1 Å². The van der Waals surface area contributed by atoms with Crippen molar-refractivity contribution in [3.8, 4) is 0 Å². The molecule has 0 fully saturated rings. The molecule has 0 aliphatic heterocycles. The minimum Gasteiger partial charge on any atom is -0.478 e. The van der Waals surface area contributed by atoms with E-state index < -0.39 is 11.9 Å². The largest absolute Gasteiger partial charge is 0.478 e. The van der Waals surface area contributed by atoms with Crippen molar-refractivity contribution in [2.45, 2.75) is 0 Å². The monoisotopic (exact) mass is 270 g/mol. The topological polar surface area (TPSA) is 74.6 Å². The summed E-state index contributed by atoms with van der Waals surface area (Å²) in [6, 6.07) is 2.08. The van der Waals surface area contributed by atoms with E-state index in [1.807, 2.05) is 0 Å². The van der Waals surface area contributed by atoms with Crippen molar-refractivity contribution in [1.29, 1.82) is 0 Å². The molecule has 0 radical (unpaired) electrons. The third-order valence-corrected chi connectivity index (χ3v) is 2.10. The molecule has 0 aromatic heterocycles. The molecule has 0 bridgehead atoms. The van der Waals surface area contributed by atoms with Crippen molar-refractivity contribution in [2.75, 3.05) is 0 Å². The quantitative estimate of drug-likeness (QED) is 0.867. The van der Waals surface area contributed by atoms with Crippen LogP contribution in [0, 0.1) is 0 Å². The Kier molecular flexibility index (Phi) is 4.87. The van der Waals surface area contributed by atoms with Gasteiger partial charge in [-0.1, -0.05) is 23.2 Å². The average molecular weight is 271 g/mol. The second-order valence-corrected chi connectivity index (χ2v) is 3.24. The highest BCUT2D eigenvalue weighted by Gasteiger charge is 2.16. The van der Waals surface area contributed by atoms with Crippen LogP contribution in [0.25, 0.3) is 0 Å². The molecule has 2 N–H and O–H groups in total. The second kappa shape index (κ2) is 5.21. The predicted octanol–water partition coefficient (Wildman–Crippen LogP) is 2.81. The Morgan fingerprint density at radius 1 is 1.00 bits per heavy atom. The summed E-state index contributed by atoms with van der Waals surface area (Å²) in [7, 11) is 0. The summed E-state index contributed by atoms with van der Waals surface area (Å²) in [4.78, 5) is 21.1. The van der Waals surface area contributed by atoms with E-state index in [4.69, 9.17) is 33.4 Å². The Morgan fingerprint density at radius 3 is 1.67 bits per heavy atom. The average Bonchev–Trinajstić information content (AvgIpc) is 2.01. The van der Waals surface area contributed by atoms with Gasteiger partial charge in [-0.15, -0.1) is 12.4 Å². The molecule has 0 saturated carbocycles. The number of rotatable bonds is 2. The van der Waals surface area contributed by atoms with E-state index in [1.165, 1.54) is 0 Å². The molecule has 0 saturated heterocycles. The van der Waals surface area contributed by atoms with Gasteiger partial charge in [0.25, 0.3) is 0 Å². The van der Waals surface area contributed by atoms with Crippen LogP contribution in [-0.2, 0) is 0 Å². The fourth-order valence-electron chi connectivity index (χ4n) is 0.901. The number of benzene rings is 1. The third-order valence-electron chi connectivity index (χ3n) is 1.50. The van der Waals surface area contributed by atoms with E-state index in [0.717, 1.165) is 12.1 Å². The van der Waals surface area contributed by atoms with Gasteiger partial charge in [0, 0.05) is 0 Å². The number of hydrogen-bond acceptors (Lipinski definition) is 2. The second-order valence-electron chi connectivity index (χ2n) is 2.43. The lowest BCUT2D eigenvalue weighted by molar-refractivity contribution is 0.0681. The van der Waals surface area contributed by atoms with Crippen LogP contribution in [-0.4, -0.2) is 22.2 Å². The number of hydrogen-bond donors (Lipinski definition) is 2. The molecule has 0 amide bonds. The van der Waals surface area contributed by atoms with Crippen molar-refractivity contribution < 1.29 is 19.8 Å². The van der Waals surface area contributed by atoms with E-state index in [1.54, 1.807) is 0 Å².